The first-order valence-corrected chi connectivity index (χ1v) is 4.45. The van der Waals surface area contributed by atoms with E-state index < -0.39 is 0 Å². The monoisotopic (exact) mass is 165 g/mol. The van der Waals surface area contributed by atoms with Gasteiger partial charge in [-0.05, 0) is 26.7 Å². The SMILES string of the molecule is CC(C)n1cc(C2(N)CC2)cn1. The molecular weight excluding hydrogens is 150 g/mol. The van der Waals surface area contributed by atoms with E-state index in [4.69, 9.17) is 5.73 Å². The number of rotatable bonds is 2. The summed E-state index contributed by atoms with van der Waals surface area (Å²) in [7, 11) is 0. The zero-order valence-corrected chi connectivity index (χ0v) is 7.62. The van der Waals surface area contributed by atoms with Crippen LogP contribution in [0.25, 0.3) is 0 Å². The molecule has 0 radical (unpaired) electrons. The standard InChI is InChI=1S/C9H15N3/c1-7(2)12-6-8(5-11-12)9(10)3-4-9/h5-7H,3-4,10H2,1-2H3. The summed E-state index contributed by atoms with van der Waals surface area (Å²) < 4.78 is 1.96. The predicted octanol–water partition coefficient (Wildman–Crippen LogP) is 1.41. The third-order valence-electron chi connectivity index (χ3n) is 2.49. The predicted molar refractivity (Wildman–Crippen MR) is 47.7 cm³/mol. The molecule has 1 heterocycles. The van der Waals surface area contributed by atoms with Crippen LogP contribution >= 0.6 is 0 Å². The molecule has 1 aromatic rings. The first kappa shape index (κ1) is 7.80. The van der Waals surface area contributed by atoms with Crippen LogP contribution in [0.2, 0.25) is 0 Å². The molecule has 12 heavy (non-hydrogen) atoms. The molecule has 3 heteroatoms. The Balaban J connectivity index is 2.25. The Morgan fingerprint density at radius 3 is 2.67 bits per heavy atom. The minimum atomic E-state index is -0.0346. The first-order chi connectivity index (χ1) is 5.62. The molecule has 1 aromatic heterocycles. The fourth-order valence-corrected chi connectivity index (χ4v) is 1.30. The highest BCUT2D eigenvalue weighted by molar-refractivity contribution is 5.24. The minimum Gasteiger partial charge on any atom is -0.321 e. The number of nitrogens with zero attached hydrogens (tertiary/aromatic N) is 2. The van der Waals surface area contributed by atoms with Gasteiger partial charge in [-0.25, -0.2) is 0 Å². The molecule has 2 N–H and O–H groups in total. The quantitative estimate of drug-likeness (QED) is 0.720. The van der Waals surface area contributed by atoms with Gasteiger partial charge >= 0.3 is 0 Å². The van der Waals surface area contributed by atoms with Crippen molar-refractivity contribution in [2.75, 3.05) is 0 Å². The zero-order chi connectivity index (χ0) is 8.77. The largest absolute Gasteiger partial charge is 0.321 e. The Labute approximate surface area is 72.6 Å². The van der Waals surface area contributed by atoms with Crippen LogP contribution in [0.4, 0.5) is 0 Å². The lowest BCUT2D eigenvalue weighted by atomic mass is 10.1. The molecule has 0 spiro atoms. The smallest absolute Gasteiger partial charge is 0.0540 e. The van der Waals surface area contributed by atoms with E-state index in [-0.39, 0.29) is 5.54 Å². The second-order valence-corrected chi connectivity index (χ2v) is 3.96. The molecule has 0 saturated heterocycles. The molecule has 0 aliphatic heterocycles. The summed E-state index contributed by atoms with van der Waals surface area (Å²) in [5.74, 6) is 0. The van der Waals surface area contributed by atoms with Crippen molar-refractivity contribution in [2.24, 2.45) is 5.73 Å². The summed E-state index contributed by atoms with van der Waals surface area (Å²) in [6.45, 7) is 4.24. The third kappa shape index (κ3) is 1.14. The maximum atomic E-state index is 6.03. The fourth-order valence-electron chi connectivity index (χ4n) is 1.30. The van der Waals surface area contributed by atoms with E-state index >= 15 is 0 Å². The summed E-state index contributed by atoms with van der Waals surface area (Å²) in [6, 6.07) is 0.432. The van der Waals surface area contributed by atoms with E-state index in [1.165, 1.54) is 5.56 Å². The van der Waals surface area contributed by atoms with Crippen LogP contribution in [0.1, 0.15) is 38.3 Å². The van der Waals surface area contributed by atoms with Gasteiger partial charge in [0.2, 0.25) is 0 Å². The van der Waals surface area contributed by atoms with Crippen LogP contribution in [0.15, 0.2) is 12.4 Å². The molecule has 1 fully saturated rings. The molecule has 66 valence electrons. The lowest BCUT2D eigenvalue weighted by Crippen LogP contribution is -2.17. The molecule has 0 bridgehead atoms. The lowest BCUT2D eigenvalue weighted by Gasteiger charge is -2.05. The van der Waals surface area contributed by atoms with E-state index in [2.05, 4.69) is 25.1 Å². The molecule has 1 aliphatic rings. The Morgan fingerprint density at radius 1 is 1.58 bits per heavy atom. The summed E-state index contributed by atoms with van der Waals surface area (Å²) in [6.07, 6.45) is 6.18. The summed E-state index contributed by atoms with van der Waals surface area (Å²) in [5, 5.41) is 4.26. The van der Waals surface area contributed by atoms with E-state index in [1.807, 2.05) is 10.9 Å². The first-order valence-electron chi connectivity index (χ1n) is 4.45. The second kappa shape index (κ2) is 2.33. The molecule has 1 saturated carbocycles. The van der Waals surface area contributed by atoms with Gasteiger partial charge in [0.1, 0.15) is 0 Å². The van der Waals surface area contributed by atoms with E-state index in [9.17, 15) is 0 Å². The number of hydrogen-bond acceptors (Lipinski definition) is 2. The summed E-state index contributed by atoms with van der Waals surface area (Å²) in [5.41, 5.74) is 7.18. The molecule has 1 aliphatic carbocycles. The van der Waals surface area contributed by atoms with Gasteiger partial charge in [-0.1, -0.05) is 0 Å². The van der Waals surface area contributed by atoms with E-state index in [0.29, 0.717) is 6.04 Å². The lowest BCUT2D eigenvalue weighted by molar-refractivity contribution is 0.531. The Hall–Kier alpha value is -0.830. The highest BCUT2D eigenvalue weighted by Gasteiger charge is 2.41. The van der Waals surface area contributed by atoms with E-state index in [1.54, 1.807) is 0 Å². The summed E-state index contributed by atoms with van der Waals surface area (Å²) >= 11 is 0. The molecule has 0 aromatic carbocycles. The topological polar surface area (TPSA) is 43.8 Å². The Morgan fingerprint density at radius 2 is 2.25 bits per heavy atom. The molecule has 3 nitrogen and oxygen atoms in total. The number of hydrogen-bond donors (Lipinski definition) is 1. The van der Waals surface area contributed by atoms with E-state index in [0.717, 1.165) is 12.8 Å². The van der Waals surface area contributed by atoms with Crippen molar-refractivity contribution >= 4 is 0 Å². The third-order valence-corrected chi connectivity index (χ3v) is 2.49. The van der Waals surface area contributed by atoms with Crippen LogP contribution in [0, 0.1) is 0 Å². The van der Waals surface area contributed by atoms with Gasteiger partial charge in [-0.15, -0.1) is 0 Å². The van der Waals surface area contributed by atoms with Crippen LogP contribution in [-0.4, -0.2) is 9.78 Å². The number of aromatic nitrogens is 2. The molecule has 0 amide bonds. The number of nitrogens with two attached hydrogens (primary N) is 1. The van der Waals surface area contributed by atoms with Gasteiger partial charge < -0.3 is 5.73 Å². The van der Waals surface area contributed by atoms with Crippen LogP contribution < -0.4 is 5.73 Å². The van der Waals surface area contributed by atoms with Crippen LogP contribution in [0.3, 0.4) is 0 Å². The minimum absolute atomic E-state index is 0.0346. The molecule has 0 unspecified atom stereocenters. The van der Waals surface area contributed by atoms with Gasteiger partial charge in [0.05, 0.1) is 6.20 Å². The van der Waals surface area contributed by atoms with Crippen molar-refractivity contribution in [3.63, 3.8) is 0 Å². The molecule has 2 rings (SSSR count). The normalized spacial score (nSPS) is 20.0. The maximum absolute atomic E-state index is 6.03. The molecular formula is C9H15N3. The van der Waals surface area contributed by atoms with Gasteiger partial charge in [0, 0.05) is 23.3 Å². The van der Waals surface area contributed by atoms with Crippen molar-refractivity contribution < 1.29 is 0 Å². The average molecular weight is 165 g/mol. The van der Waals surface area contributed by atoms with Crippen molar-refractivity contribution in [2.45, 2.75) is 38.3 Å². The van der Waals surface area contributed by atoms with Gasteiger partial charge in [-0.3, -0.25) is 4.68 Å². The van der Waals surface area contributed by atoms with Gasteiger partial charge in [0.15, 0.2) is 0 Å². The second-order valence-electron chi connectivity index (χ2n) is 3.96. The van der Waals surface area contributed by atoms with Gasteiger partial charge in [0.25, 0.3) is 0 Å². The zero-order valence-electron chi connectivity index (χ0n) is 7.62. The highest BCUT2D eigenvalue weighted by atomic mass is 15.3. The average Bonchev–Trinajstić information content (AvgIpc) is 2.61. The summed E-state index contributed by atoms with van der Waals surface area (Å²) in [4.78, 5) is 0. The Kier molecular flexibility index (Phi) is 1.51. The molecule has 0 atom stereocenters. The highest BCUT2D eigenvalue weighted by Crippen LogP contribution is 2.42. The van der Waals surface area contributed by atoms with Crippen LogP contribution in [0.5, 0.6) is 0 Å². The van der Waals surface area contributed by atoms with Crippen molar-refractivity contribution in [1.82, 2.24) is 9.78 Å². The maximum Gasteiger partial charge on any atom is 0.0540 e. The van der Waals surface area contributed by atoms with Crippen molar-refractivity contribution in [3.8, 4) is 0 Å². The van der Waals surface area contributed by atoms with Crippen molar-refractivity contribution in [1.29, 1.82) is 0 Å². The van der Waals surface area contributed by atoms with Gasteiger partial charge in [-0.2, -0.15) is 5.10 Å². The fraction of sp³-hybridized carbons (Fsp3) is 0.667. The van der Waals surface area contributed by atoms with Crippen LogP contribution in [-0.2, 0) is 5.54 Å². The Bertz CT molecular complexity index is 284. The van der Waals surface area contributed by atoms with Crippen molar-refractivity contribution in [3.05, 3.63) is 18.0 Å².